The van der Waals surface area contributed by atoms with Crippen molar-refractivity contribution < 1.29 is 5.11 Å². The van der Waals surface area contributed by atoms with Crippen LogP contribution in [0.25, 0.3) is 10.9 Å². The number of nitrogens with zero attached hydrogens (tertiary/aromatic N) is 3. The fraction of sp³-hybridized carbons (Fsp3) is 0.467. The number of aromatic nitrogens is 2. The molecule has 0 spiro atoms. The maximum absolute atomic E-state index is 12.8. The lowest BCUT2D eigenvalue weighted by Gasteiger charge is -2.17. The number of aromatic hydroxyl groups is 1. The minimum Gasteiger partial charge on any atom is -0.504 e. The molecule has 1 aromatic heterocycles. The van der Waals surface area contributed by atoms with E-state index in [-0.39, 0.29) is 44.7 Å². The molecule has 1 N–H and O–H groups in total. The van der Waals surface area contributed by atoms with Gasteiger partial charge < -0.3 is 10.0 Å². The van der Waals surface area contributed by atoms with E-state index in [9.17, 15) is 9.90 Å². The van der Waals surface area contributed by atoms with Crippen LogP contribution in [0.15, 0.2) is 10.9 Å². The summed E-state index contributed by atoms with van der Waals surface area (Å²) < 4.78 is 1.68. The van der Waals surface area contributed by atoms with Gasteiger partial charge in [-0.15, -0.1) is 12.4 Å². The SMILES string of the molecule is CN(C)Cc1nc2c(O)c(Cl)cc(Cl)c2c(=O)n1CC1CC1.Cl. The van der Waals surface area contributed by atoms with Gasteiger partial charge in [0.15, 0.2) is 5.75 Å². The number of rotatable bonds is 4. The summed E-state index contributed by atoms with van der Waals surface area (Å²) >= 11 is 12.1. The van der Waals surface area contributed by atoms with Crippen molar-refractivity contribution in [2.45, 2.75) is 25.9 Å². The summed E-state index contributed by atoms with van der Waals surface area (Å²) in [6.45, 7) is 1.14. The quantitative estimate of drug-likeness (QED) is 0.887. The molecule has 2 aromatic rings. The first-order chi connectivity index (χ1) is 10.4. The Morgan fingerprint density at radius 2 is 2.00 bits per heavy atom. The molecule has 0 saturated heterocycles. The molecule has 1 aliphatic rings. The van der Waals surface area contributed by atoms with E-state index in [1.807, 2.05) is 19.0 Å². The number of hydrogen-bond acceptors (Lipinski definition) is 4. The van der Waals surface area contributed by atoms with Gasteiger partial charge in [-0.3, -0.25) is 9.36 Å². The van der Waals surface area contributed by atoms with E-state index in [4.69, 9.17) is 23.2 Å². The second kappa shape index (κ2) is 6.85. The highest BCUT2D eigenvalue weighted by atomic mass is 35.5. The Bertz CT molecular complexity index is 801. The van der Waals surface area contributed by atoms with E-state index in [1.165, 1.54) is 6.07 Å². The second-order valence-electron chi connectivity index (χ2n) is 6.04. The highest BCUT2D eigenvalue weighted by molar-refractivity contribution is 6.39. The van der Waals surface area contributed by atoms with Gasteiger partial charge in [-0.25, -0.2) is 4.98 Å². The smallest absolute Gasteiger partial charge is 0.263 e. The molecule has 0 aliphatic heterocycles. The Labute approximate surface area is 150 Å². The average Bonchev–Trinajstić information content (AvgIpc) is 3.23. The largest absolute Gasteiger partial charge is 0.504 e. The average molecular weight is 379 g/mol. The minimum absolute atomic E-state index is 0. The molecule has 5 nitrogen and oxygen atoms in total. The summed E-state index contributed by atoms with van der Waals surface area (Å²) in [5, 5.41) is 10.7. The molecule has 23 heavy (non-hydrogen) atoms. The van der Waals surface area contributed by atoms with Crippen LogP contribution < -0.4 is 5.56 Å². The van der Waals surface area contributed by atoms with E-state index in [2.05, 4.69) is 4.98 Å². The zero-order valence-electron chi connectivity index (χ0n) is 12.8. The molecule has 0 unspecified atom stereocenters. The third-order valence-corrected chi connectivity index (χ3v) is 4.37. The van der Waals surface area contributed by atoms with Gasteiger partial charge in [-0.2, -0.15) is 0 Å². The first-order valence-corrected chi connectivity index (χ1v) is 7.89. The monoisotopic (exact) mass is 377 g/mol. The second-order valence-corrected chi connectivity index (χ2v) is 6.85. The Hall–Kier alpha value is -1.01. The normalized spacial score (nSPS) is 14.3. The zero-order chi connectivity index (χ0) is 16.0. The standard InChI is InChI=1S/C15H17Cl2N3O2.ClH/c1-19(2)7-11-18-13-12(9(16)5-10(17)14(13)21)15(22)20(11)6-8-3-4-8;/h5,8,21H,3-4,6-7H2,1-2H3;1H. The van der Waals surface area contributed by atoms with E-state index in [0.29, 0.717) is 24.8 Å². The third-order valence-electron chi connectivity index (χ3n) is 3.79. The van der Waals surface area contributed by atoms with Crippen molar-refractivity contribution in [3.05, 3.63) is 32.3 Å². The maximum Gasteiger partial charge on any atom is 0.263 e. The minimum atomic E-state index is -0.217. The lowest BCUT2D eigenvalue weighted by molar-refractivity contribution is 0.373. The number of benzene rings is 1. The molecule has 1 aromatic carbocycles. The Morgan fingerprint density at radius 1 is 1.35 bits per heavy atom. The van der Waals surface area contributed by atoms with Crippen LogP contribution in [-0.2, 0) is 13.1 Å². The van der Waals surface area contributed by atoms with Gasteiger partial charge in [0.1, 0.15) is 11.3 Å². The van der Waals surface area contributed by atoms with E-state index >= 15 is 0 Å². The molecule has 1 fully saturated rings. The van der Waals surface area contributed by atoms with Crippen molar-refractivity contribution in [3.63, 3.8) is 0 Å². The summed E-state index contributed by atoms with van der Waals surface area (Å²) in [4.78, 5) is 19.3. The molecular formula is C15H18Cl3N3O2. The first-order valence-electron chi connectivity index (χ1n) is 7.13. The molecular weight excluding hydrogens is 361 g/mol. The van der Waals surface area contributed by atoms with Crippen LogP contribution in [0, 0.1) is 5.92 Å². The fourth-order valence-electron chi connectivity index (χ4n) is 2.50. The van der Waals surface area contributed by atoms with Crippen LogP contribution in [0.4, 0.5) is 0 Å². The Balaban J connectivity index is 0.00000192. The van der Waals surface area contributed by atoms with Gasteiger partial charge >= 0.3 is 0 Å². The molecule has 8 heteroatoms. The van der Waals surface area contributed by atoms with E-state index in [0.717, 1.165) is 12.8 Å². The highest BCUT2D eigenvalue weighted by Crippen LogP contribution is 2.35. The van der Waals surface area contributed by atoms with E-state index < -0.39 is 0 Å². The topological polar surface area (TPSA) is 58.4 Å². The van der Waals surface area contributed by atoms with Crippen LogP contribution in [0.1, 0.15) is 18.7 Å². The van der Waals surface area contributed by atoms with E-state index in [1.54, 1.807) is 4.57 Å². The van der Waals surface area contributed by atoms with Gasteiger partial charge in [0, 0.05) is 6.54 Å². The molecule has 1 saturated carbocycles. The van der Waals surface area contributed by atoms with Crippen molar-refractivity contribution in [2.75, 3.05) is 14.1 Å². The summed E-state index contributed by atoms with van der Waals surface area (Å²) in [6.07, 6.45) is 2.26. The van der Waals surface area contributed by atoms with Gasteiger partial charge in [0.2, 0.25) is 0 Å². The van der Waals surface area contributed by atoms with Crippen molar-refractivity contribution in [3.8, 4) is 5.75 Å². The lowest BCUT2D eigenvalue weighted by Crippen LogP contribution is -2.29. The number of halogens is 3. The molecule has 0 radical (unpaired) electrons. The summed E-state index contributed by atoms with van der Waals surface area (Å²) in [6, 6.07) is 1.39. The van der Waals surface area contributed by atoms with Crippen LogP contribution in [0.3, 0.4) is 0 Å². The molecule has 1 heterocycles. The maximum atomic E-state index is 12.8. The zero-order valence-corrected chi connectivity index (χ0v) is 15.2. The lowest BCUT2D eigenvalue weighted by atomic mass is 10.2. The first kappa shape index (κ1) is 18.3. The van der Waals surface area contributed by atoms with Crippen molar-refractivity contribution in [1.82, 2.24) is 14.5 Å². The number of phenols is 1. The van der Waals surface area contributed by atoms with Gasteiger partial charge in [-0.05, 0) is 38.9 Å². The van der Waals surface area contributed by atoms with Crippen LogP contribution >= 0.6 is 35.6 Å². The summed E-state index contributed by atoms with van der Waals surface area (Å²) in [5.41, 5.74) is -0.0443. The highest BCUT2D eigenvalue weighted by Gasteiger charge is 2.26. The molecule has 1 aliphatic carbocycles. The van der Waals surface area contributed by atoms with Gasteiger partial charge in [-0.1, -0.05) is 23.2 Å². The van der Waals surface area contributed by atoms with Crippen molar-refractivity contribution in [1.29, 1.82) is 0 Å². The van der Waals surface area contributed by atoms with Crippen LogP contribution in [0.5, 0.6) is 5.75 Å². The number of fused-ring (bicyclic) bond motifs is 1. The van der Waals surface area contributed by atoms with Crippen LogP contribution in [-0.4, -0.2) is 33.7 Å². The Morgan fingerprint density at radius 3 is 2.57 bits per heavy atom. The molecule has 3 rings (SSSR count). The predicted octanol–water partition coefficient (Wildman–Crippen LogP) is 3.30. The van der Waals surface area contributed by atoms with Crippen LogP contribution in [0.2, 0.25) is 10.0 Å². The van der Waals surface area contributed by atoms with Gasteiger partial charge in [0.05, 0.1) is 22.0 Å². The molecule has 0 amide bonds. The number of phenolic OH excluding ortho intramolecular Hbond substituents is 1. The fourth-order valence-corrected chi connectivity index (χ4v) is 3.03. The van der Waals surface area contributed by atoms with Gasteiger partial charge in [0.25, 0.3) is 5.56 Å². The van der Waals surface area contributed by atoms with Crippen molar-refractivity contribution in [2.24, 2.45) is 5.92 Å². The Kier molecular flexibility index (Phi) is 5.46. The summed E-state index contributed by atoms with van der Waals surface area (Å²) in [7, 11) is 3.81. The number of hydrogen-bond donors (Lipinski definition) is 1. The molecule has 0 atom stereocenters. The third kappa shape index (κ3) is 3.58. The molecule has 0 bridgehead atoms. The predicted molar refractivity (Wildman–Crippen MR) is 95.1 cm³/mol. The van der Waals surface area contributed by atoms with Crippen molar-refractivity contribution >= 4 is 46.5 Å². The molecule has 126 valence electrons. The summed E-state index contributed by atoms with van der Waals surface area (Å²) in [5.74, 6) is 0.942.